The molecule has 0 unspecified atom stereocenters. The normalized spacial score (nSPS) is 11.1. The van der Waals surface area contributed by atoms with Crippen molar-refractivity contribution < 1.29 is 5.11 Å². The molecule has 1 aromatic carbocycles. The Morgan fingerprint density at radius 3 is 2.82 bits per heavy atom. The summed E-state index contributed by atoms with van der Waals surface area (Å²) in [6, 6.07) is 5.77. The highest BCUT2D eigenvalue weighted by atomic mass is 32.1. The summed E-state index contributed by atoms with van der Waals surface area (Å²) in [4.78, 5) is 0. The number of phenols is 1. The number of nitrogen functional groups attached to an aromatic ring is 1. The fourth-order valence-electron chi connectivity index (χ4n) is 1.90. The number of aromatic nitrogens is 2. The molecule has 86 valence electrons. The molecule has 0 aliphatic heterocycles. The zero-order valence-electron chi connectivity index (χ0n) is 9.21. The van der Waals surface area contributed by atoms with Crippen LogP contribution in [0.25, 0.3) is 21.2 Å². The summed E-state index contributed by atoms with van der Waals surface area (Å²) in [5.41, 5.74) is 7.40. The Morgan fingerprint density at radius 2 is 2.12 bits per heavy atom. The van der Waals surface area contributed by atoms with Crippen molar-refractivity contribution >= 4 is 27.2 Å². The van der Waals surface area contributed by atoms with Crippen LogP contribution < -0.4 is 5.73 Å². The predicted molar refractivity (Wildman–Crippen MR) is 70.1 cm³/mol. The summed E-state index contributed by atoms with van der Waals surface area (Å²) in [6.07, 6.45) is 1.67. The Labute approximate surface area is 102 Å². The number of nitrogens with zero attached hydrogens (tertiary/aromatic N) is 2. The molecule has 0 saturated heterocycles. The standard InChI is InChI=1S/C12H11N3OS/c1-15-12(13)9(6-14-15)7-2-3-10-8(11(7)16)4-5-17-10/h2-6,16H,13H2,1H3. The SMILES string of the molecule is Cn1ncc(-c2ccc3sccc3c2O)c1N. The number of anilines is 1. The molecule has 4 nitrogen and oxygen atoms in total. The largest absolute Gasteiger partial charge is 0.507 e. The van der Waals surface area contributed by atoms with Crippen LogP contribution in [0.1, 0.15) is 0 Å². The molecule has 0 aliphatic carbocycles. The smallest absolute Gasteiger partial charge is 0.132 e. The van der Waals surface area contributed by atoms with Crippen molar-refractivity contribution in [3.8, 4) is 16.9 Å². The van der Waals surface area contributed by atoms with Crippen LogP contribution in [0.15, 0.2) is 29.8 Å². The first kappa shape index (κ1) is 10.2. The molecule has 2 heterocycles. The molecule has 3 aromatic rings. The number of aromatic hydroxyl groups is 1. The minimum absolute atomic E-state index is 0.267. The predicted octanol–water partition coefficient (Wildman–Crippen LogP) is 2.59. The van der Waals surface area contributed by atoms with Gasteiger partial charge in [0.15, 0.2) is 0 Å². The Morgan fingerprint density at radius 1 is 1.29 bits per heavy atom. The molecular formula is C12H11N3OS. The summed E-state index contributed by atoms with van der Waals surface area (Å²) in [7, 11) is 1.78. The van der Waals surface area contributed by atoms with E-state index >= 15 is 0 Å². The Balaban J connectivity index is 2.30. The zero-order valence-corrected chi connectivity index (χ0v) is 10.0. The van der Waals surface area contributed by atoms with Crippen LogP contribution in [-0.2, 0) is 7.05 Å². The molecule has 0 atom stereocenters. The van der Waals surface area contributed by atoms with Crippen LogP contribution in [0.2, 0.25) is 0 Å². The molecule has 0 radical (unpaired) electrons. The van der Waals surface area contributed by atoms with E-state index < -0.39 is 0 Å². The maximum Gasteiger partial charge on any atom is 0.132 e. The van der Waals surface area contributed by atoms with Gasteiger partial charge in [-0.15, -0.1) is 11.3 Å². The van der Waals surface area contributed by atoms with Gasteiger partial charge in [0, 0.05) is 28.3 Å². The van der Waals surface area contributed by atoms with Crippen LogP contribution in [-0.4, -0.2) is 14.9 Å². The minimum atomic E-state index is 0.267. The number of hydrogen-bond donors (Lipinski definition) is 2. The van der Waals surface area contributed by atoms with E-state index in [9.17, 15) is 5.11 Å². The fraction of sp³-hybridized carbons (Fsp3) is 0.0833. The summed E-state index contributed by atoms with van der Waals surface area (Å²) < 4.78 is 2.65. The van der Waals surface area contributed by atoms with E-state index in [1.807, 2.05) is 23.6 Å². The number of thiophene rings is 1. The van der Waals surface area contributed by atoms with Crippen LogP contribution >= 0.6 is 11.3 Å². The van der Waals surface area contributed by atoms with Gasteiger partial charge in [-0.1, -0.05) is 0 Å². The minimum Gasteiger partial charge on any atom is -0.507 e. The number of rotatable bonds is 1. The summed E-state index contributed by atoms with van der Waals surface area (Å²) in [5.74, 6) is 0.818. The average Bonchev–Trinajstić information content (AvgIpc) is 2.90. The molecule has 0 saturated carbocycles. The highest BCUT2D eigenvalue weighted by molar-refractivity contribution is 7.17. The van der Waals surface area contributed by atoms with Crippen LogP contribution in [0, 0.1) is 0 Å². The van der Waals surface area contributed by atoms with Gasteiger partial charge in [-0.25, -0.2) is 0 Å². The number of nitrogens with two attached hydrogens (primary N) is 1. The van der Waals surface area contributed by atoms with E-state index in [1.165, 1.54) is 0 Å². The van der Waals surface area contributed by atoms with Crippen molar-refractivity contribution in [2.24, 2.45) is 7.05 Å². The third kappa shape index (κ3) is 1.39. The second-order valence-electron chi connectivity index (χ2n) is 3.86. The molecule has 17 heavy (non-hydrogen) atoms. The second-order valence-corrected chi connectivity index (χ2v) is 4.81. The molecule has 3 N–H and O–H groups in total. The molecule has 5 heteroatoms. The first-order valence-corrected chi connectivity index (χ1v) is 6.03. The molecule has 0 fully saturated rings. The Bertz CT molecular complexity index is 699. The average molecular weight is 245 g/mol. The maximum absolute atomic E-state index is 10.2. The lowest BCUT2D eigenvalue weighted by atomic mass is 10.1. The number of hydrogen-bond acceptors (Lipinski definition) is 4. The molecule has 0 aliphatic rings. The van der Waals surface area contributed by atoms with E-state index in [1.54, 1.807) is 29.3 Å². The molecule has 2 aromatic heterocycles. The van der Waals surface area contributed by atoms with Gasteiger partial charge >= 0.3 is 0 Å². The quantitative estimate of drug-likeness (QED) is 0.692. The lowest BCUT2D eigenvalue weighted by Crippen LogP contribution is -1.98. The number of fused-ring (bicyclic) bond motifs is 1. The number of phenolic OH excluding ortho intramolecular Hbond substituents is 1. The van der Waals surface area contributed by atoms with Crippen molar-refractivity contribution in [1.29, 1.82) is 0 Å². The third-order valence-corrected chi connectivity index (χ3v) is 3.76. The molecule has 3 rings (SSSR count). The van der Waals surface area contributed by atoms with E-state index in [0.29, 0.717) is 5.82 Å². The Kier molecular flexibility index (Phi) is 2.09. The van der Waals surface area contributed by atoms with Crippen LogP contribution in [0.5, 0.6) is 5.75 Å². The molecule has 0 spiro atoms. The zero-order chi connectivity index (χ0) is 12.0. The first-order chi connectivity index (χ1) is 8.18. The second kappa shape index (κ2) is 3.49. The summed E-state index contributed by atoms with van der Waals surface area (Å²) >= 11 is 1.60. The van der Waals surface area contributed by atoms with Gasteiger partial charge in [-0.2, -0.15) is 5.10 Å². The summed E-state index contributed by atoms with van der Waals surface area (Å²) in [6.45, 7) is 0. The van der Waals surface area contributed by atoms with Gasteiger partial charge in [0.25, 0.3) is 0 Å². The van der Waals surface area contributed by atoms with Gasteiger partial charge < -0.3 is 10.8 Å². The number of benzene rings is 1. The first-order valence-electron chi connectivity index (χ1n) is 5.15. The van der Waals surface area contributed by atoms with Crippen molar-refractivity contribution in [3.63, 3.8) is 0 Å². The number of aryl methyl sites for hydroxylation is 1. The molecule has 0 amide bonds. The monoisotopic (exact) mass is 245 g/mol. The van der Waals surface area contributed by atoms with E-state index in [-0.39, 0.29) is 5.75 Å². The lowest BCUT2D eigenvalue weighted by Gasteiger charge is -2.05. The van der Waals surface area contributed by atoms with E-state index in [4.69, 9.17) is 5.73 Å². The van der Waals surface area contributed by atoms with Gasteiger partial charge in [0.2, 0.25) is 0 Å². The van der Waals surface area contributed by atoms with E-state index in [0.717, 1.165) is 21.2 Å². The highest BCUT2D eigenvalue weighted by Crippen LogP contribution is 2.39. The van der Waals surface area contributed by atoms with Crippen molar-refractivity contribution in [3.05, 3.63) is 29.8 Å². The summed E-state index contributed by atoms with van der Waals surface area (Å²) in [5, 5.41) is 17.1. The van der Waals surface area contributed by atoms with Gasteiger partial charge in [0.05, 0.1) is 6.20 Å². The van der Waals surface area contributed by atoms with Gasteiger partial charge in [-0.3, -0.25) is 4.68 Å². The van der Waals surface area contributed by atoms with E-state index in [2.05, 4.69) is 5.10 Å². The lowest BCUT2D eigenvalue weighted by molar-refractivity contribution is 0.484. The molecular weight excluding hydrogens is 234 g/mol. The Hall–Kier alpha value is -2.01. The van der Waals surface area contributed by atoms with Crippen molar-refractivity contribution in [2.75, 3.05) is 5.73 Å². The topological polar surface area (TPSA) is 64.1 Å². The van der Waals surface area contributed by atoms with Crippen LogP contribution in [0.4, 0.5) is 5.82 Å². The molecule has 0 bridgehead atoms. The van der Waals surface area contributed by atoms with Crippen LogP contribution in [0.3, 0.4) is 0 Å². The maximum atomic E-state index is 10.2. The van der Waals surface area contributed by atoms with Crippen molar-refractivity contribution in [2.45, 2.75) is 0 Å². The third-order valence-electron chi connectivity index (χ3n) is 2.88. The van der Waals surface area contributed by atoms with Crippen molar-refractivity contribution in [1.82, 2.24) is 9.78 Å². The van der Waals surface area contributed by atoms with Gasteiger partial charge in [-0.05, 0) is 23.6 Å². The highest BCUT2D eigenvalue weighted by Gasteiger charge is 2.14. The van der Waals surface area contributed by atoms with Gasteiger partial charge in [0.1, 0.15) is 11.6 Å². The fourth-order valence-corrected chi connectivity index (χ4v) is 2.69.